The number of nitrogens with one attached hydrogen (secondary N) is 1. The van der Waals surface area contributed by atoms with Gasteiger partial charge in [0.15, 0.2) is 0 Å². The average molecular weight is 316 g/mol. The Morgan fingerprint density at radius 2 is 2.13 bits per heavy atom. The molecule has 8 heteroatoms. The summed E-state index contributed by atoms with van der Waals surface area (Å²) in [6.45, 7) is 1.31. The van der Waals surface area contributed by atoms with Crippen molar-refractivity contribution in [1.82, 2.24) is 30.4 Å². The topological polar surface area (TPSA) is 83.9 Å². The number of alkyl halides is 1. The Kier molecular flexibility index (Phi) is 4.82. The summed E-state index contributed by atoms with van der Waals surface area (Å²) < 4.78 is 13.8. The molecule has 0 aromatic carbocycles. The van der Waals surface area contributed by atoms with Crippen molar-refractivity contribution < 1.29 is 9.18 Å². The van der Waals surface area contributed by atoms with Gasteiger partial charge in [0, 0.05) is 43.6 Å². The zero-order chi connectivity index (χ0) is 16.1. The Morgan fingerprint density at radius 1 is 1.30 bits per heavy atom. The second-order valence-electron chi connectivity index (χ2n) is 5.50. The van der Waals surface area contributed by atoms with E-state index >= 15 is 0 Å². The largest absolute Gasteiger partial charge is 0.350 e. The Bertz CT molecular complexity index is 641. The molecule has 0 saturated carbocycles. The number of aromatic nitrogens is 4. The highest BCUT2D eigenvalue weighted by Gasteiger charge is 2.32. The van der Waals surface area contributed by atoms with E-state index in [4.69, 9.17) is 0 Å². The molecule has 1 amide bonds. The SMILES string of the molecule is O=C(NC[C@@H]1C[C@H](F)CN1Cc1cncnc1)c1ccnnc1. The van der Waals surface area contributed by atoms with Crippen LogP contribution >= 0.6 is 0 Å². The van der Waals surface area contributed by atoms with Gasteiger partial charge in [-0.15, -0.1) is 0 Å². The van der Waals surface area contributed by atoms with Crippen LogP contribution in [0, 0.1) is 0 Å². The molecule has 1 fully saturated rings. The zero-order valence-corrected chi connectivity index (χ0v) is 12.5. The maximum Gasteiger partial charge on any atom is 0.253 e. The van der Waals surface area contributed by atoms with Crippen molar-refractivity contribution in [2.24, 2.45) is 0 Å². The number of hydrogen-bond donors (Lipinski definition) is 1. The zero-order valence-electron chi connectivity index (χ0n) is 12.5. The van der Waals surface area contributed by atoms with E-state index in [1.807, 2.05) is 4.90 Å². The van der Waals surface area contributed by atoms with Gasteiger partial charge in [0.25, 0.3) is 5.91 Å². The van der Waals surface area contributed by atoms with E-state index in [2.05, 4.69) is 25.5 Å². The van der Waals surface area contributed by atoms with Crippen molar-refractivity contribution in [1.29, 1.82) is 0 Å². The summed E-state index contributed by atoms with van der Waals surface area (Å²) in [6.07, 6.45) is 7.29. The maximum atomic E-state index is 13.8. The van der Waals surface area contributed by atoms with Gasteiger partial charge in [-0.3, -0.25) is 9.69 Å². The lowest BCUT2D eigenvalue weighted by molar-refractivity contribution is 0.0939. The molecule has 0 unspecified atom stereocenters. The van der Waals surface area contributed by atoms with Crippen LogP contribution in [0.2, 0.25) is 0 Å². The Morgan fingerprint density at radius 3 is 2.87 bits per heavy atom. The predicted molar refractivity (Wildman–Crippen MR) is 80.1 cm³/mol. The fraction of sp³-hybridized carbons (Fsp3) is 0.400. The number of hydrogen-bond acceptors (Lipinski definition) is 6. The first-order chi connectivity index (χ1) is 11.2. The molecule has 1 aliphatic heterocycles. The maximum absolute atomic E-state index is 13.8. The van der Waals surface area contributed by atoms with Crippen molar-refractivity contribution in [2.45, 2.75) is 25.2 Å². The first kappa shape index (κ1) is 15.4. The summed E-state index contributed by atoms with van der Waals surface area (Å²) >= 11 is 0. The van der Waals surface area contributed by atoms with Crippen LogP contribution < -0.4 is 5.32 Å². The lowest BCUT2D eigenvalue weighted by Crippen LogP contribution is -2.39. The van der Waals surface area contributed by atoms with E-state index in [0.29, 0.717) is 31.6 Å². The lowest BCUT2D eigenvalue weighted by Gasteiger charge is -2.24. The first-order valence-electron chi connectivity index (χ1n) is 7.39. The molecule has 0 aliphatic carbocycles. The first-order valence-corrected chi connectivity index (χ1v) is 7.39. The molecule has 0 bridgehead atoms. The van der Waals surface area contributed by atoms with E-state index in [1.165, 1.54) is 18.7 Å². The molecule has 2 atom stereocenters. The Balaban J connectivity index is 1.58. The van der Waals surface area contributed by atoms with Crippen LogP contribution in [0.25, 0.3) is 0 Å². The normalized spacial score (nSPS) is 21.3. The van der Waals surface area contributed by atoms with Gasteiger partial charge in [-0.1, -0.05) is 0 Å². The van der Waals surface area contributed by atoms with E-state index in [0.717, 1.165) is 5.56 Å². The smallest absolute Gasteiger partial charge is 0.253 e. The van der Waals surface area contributed by atoms with Gasteiger partial charge in [-0.2, -0.15) is 10.2 Å². The third-order valence-corrected chi connectivity index (χ3v) is 3.82. The molecule has 23 heavy (non-hydrogen) atoms. The van der Waals surface area contributed by atoms with Crippen LogP contribution in [-0.2, 0) is 6.54 Å². The van der Waals surface area contributed by atoms with Gasteiger partial charge < -0.3 is 5.32 Å². The molecule has 0 radical (unpaired) electrons. The minimum atomic E-state index is -0.885. The van der Waals surface area contributed by atoms with Crippen LogP contribution in [0.4, 0.5) is 4.39 Å². The number of likely N-dealkylation sites (tertiary alicyclic amines) is 1. The van der Waals surface area contributed by atoms with Gasteiger partial charge in [-0.25, -0.2) is 14.4 Å². The molecule has 1 N–H and O–H groups in total. The molecule has 2 aromatic heterocycles. The number of halogens is 1. The summed E-state index contributed by atoms with van der Waals surface area (Å²) in [4.78, 5) is 22.0. The summed E-state index contributed by atoms with van der Waals surface area (Å²) in [5.74, 6) is -0.231. The van der Waals surface area contributed by atoms with Gasteiger partial charge in [0.1, 0.15) is 12.5 Å². The quantitative estimate of drug-likeness (QED) is 0.870. The lowest BCUT2D eigenvalue weighted by atomic mass is 10.2. The van der Waals surface area contributed by atoms with Crippen molar-refractivity contribution in [2.75, 3.05) is 13.1 Å². The summed E-state index contributed by atoms with van der Waals surface area (Å²) in [6, 6.07) is 1.54. The third kappa shape index (κ3) is 4.04. The predicted octanol–water partition coefficient (Wildman–Crippen LogP) is 0.609. The van der Waals surface area contributed by atoms with Gasteiger partial charge in [0.05, 0.1) is 18.0 Å². The number of carbonyl (C=O) groups is 1. The molecule has 120 valence electrons. The summed E-state index contributed by atoms with van der Waals surface area (Å²) in [5.41, 5.74) is 1.37. The van der Waals surface area contributed by atoms with Crippen molar-refractivity contribution in [3.63, 3.8) is 0 Å². The van der Waals surface area contributed by atoms with Crippen LogP contribution in [0.3, 0.4) is 0 Å². The summed E-state index contributed by atoms with van der Waals surface area (Å²) in [7, 11) is 0. The van der Waals surface area contributed by atoms with Crippen molar-refractivity contribution >= 4 is 5.91 Å². The Labute approximate surface area is 133 Å². The standard InChI is InChI=1S/C15H17FN6O/c16-13-3-14(7-19-15(23)12-1-2-20-21-6-12)22(9-13)8-11-4-17-10-18-5-11/h1-2,4-6,10,13-14H,3,7-9H2,(H,19,23)/t13-,14-/m0/s1. The molecule has 2 aromatic rings. The monoisotopic (exact) mass is 316 g/mol. The highest BCUT2D eigenvalue weighted by Crippen LogP contribution is 2.22. The van der Waals surface area contributed by atoms with E-state index in [-0.39, 0.29) is 11.9 Å². The van der Waals surface area contributed by atoms with Gasteiger partial charge >= 0.3 is 0 Å². The molecule has 1 saturated heterocycles. The highest BCUT2D eigenvalue weighted by atomic mass is 19.1. The van der Waals surface area contributed by atoms with E-state index in [9.17, 15) is 9.18 Å². The number of rotatable bonds is 5. The third-order valence-electron chi connectivity index (χ3n) is 3.82. The van der Waals surface area contributed by atoms with Gasteiger partial charge in [-0.05, 0) is 12.5 Å². The minimum Gasteiger partial charge on any atom is -0.350 e. The second kappa shape index (κ2) is 7.19. The van der Waals surface area contributed by atoms with E-state index in [1.54, 1.807) is 18.5 Å². The molecule has 0 spiro atoms. The average Bonchev–Trinajstić information content (AvgIpc) is 2.94. The van der Waals surface area contributed by atoms with Crippen LogP contribution in [0.1, 0.15) is 22.3 Å². The second-order valence-corrected chi connectivity index (χ2v) is 5.50. The van der Waals surface area contributed by atoms with Crippen LogP contribution in [0.5, 0.6) is 0 Å². The van der Waals surface area contributed by atoms with Crippen LogP contribution in [-0.4, -0.2) is 56.3 Å². The Hall–Kier alpha value is -2.48. The highest BCUT2D eigenvalue weighted by molar-refractivity contribution is 5.93. The van der Waals surface area contributed by atoms with E-state index < -0.39 is 6.17 Å². The fourth-order valence-electron chi connectivity index (χ4n) is 2.71. The summed E-state index contributed by atoms with van der Waals surface area (Å²) in [5, 5.41) is 10.1. The van der Waals surface area contributed by atoms with Crippen molar-refractivity contribution in [3.8, 4) is 0 Å². The number of carbonyl (C=O) groups excluding carboxylic acids is 1. The van der Waals surface area contributed by atoms with Crippen LogP contribution in [0.15, 0.2) is 37.2 Å². The molecule has 7 nitrogen and oxygen atoms in total. The molecule has 3 rings (SSSR count). The molecular formula is C15H17FN6O. The van der Waals surface area contributed by atoms with Crippen molar-refractivity contribution in [3.05, 3.63) is 48.3 Å². The number of nitrogens with zero attached hydrogens (tertiary/aromatic N) is 5. The minimum absolute atomic E-state index is 0.0519. The molecular weight excluding hydrogens is 299 g/mol. The number of amides is 1. The fourth-order valence-corrected chi connectivity index (χ4v) is 2.71. The molecule has 1 aliphatic rings. The molecule has 3 heterocycles. The van der Waals surface area contributed by atoms with Gasteiger partial charge in [0.2, 0.25) is 0 Å².